The van der Waals surface area contributed by atoms with Gasteiger partial charge in [0.25, 0.3) is 0 Å². The number of nitrogens with one attached hydrogen (secondary N) is 1. The average molecular weight is 277 g/mol. The summed E-state index contributed by atoms with van der Waals surface area (Å²) in [6.07, 6.45) is 4.81. The van der Waals surface area contributed by atoms with Gasteiger partial charge in [0.2, 0.25) is 0 Å². The van der Waals surface area contributed by atoms with Crippen LogP contribution in [0.2, 0.25) is 0 Å². The molecular formula is C16H23NO3. The summed E-state index contributed by atoms with van der Waals surface area (Å²) >= 11 is 0. The Morgan fingerprint density at radius 1 is 1.15 bits per heavy atom. The van der Waals surface area contributed by atoms with Crippen LogP contribution in [0.25, 0.3) is 0 Å². The van der Waals surface area contributed by atoms with Crippen molar-refractivity contribution in [3.05, 3.63) is 24.3 Å². The van der Waals surface area contributed by atoms with Gasteiger partial charge in [-0.1, -0.05) is 0 Å². The van der Waals surface area contributed by atoms with Gasteiger partial charge >= 0.3 is 0 Å². The fourth-order valence-corrected chi connectivity index (χ4v) is 2.65. The zero-order valence-corrected chi connectivity index (χ0v) is 12.0. The minimum atomic E-state index is -0.263. The van der Waals surface area contributed by atoms with Gasteiger partial charge in [-0.25, -0.2) is 0 Å². The van der Waals surface area contributed by atoms with Crippen LogP contribution in [0.1, 0.15) is 25.7 Å². The molecule has 0 aliphatic heterocycles. The van der Waals surface area contributed by atoms with E-state index < -0.39 is 0 Å². The first kappa shape index (κ1) is 13.7. The largest absolute Gasteiger partial charge is 0.497 e. The van der Waals surface area contributed by atoms with Crippen LogP contribution in [0.5, 0.6) is 11.5 Å². The number of aliphatic hydroxyl groups excluding tert-OH is 1. The minimum absolute atomic E-state index is 0.143. The summed E-state index contributed by atoms with van der Waals surface area (Å²) in [7, 11) is 1.65. The van der Waals surface area contributed by atoms with E-state index in [2.05, 4.69) is 5.32 Å². The number of hydrogen-bond acceptors (Lipinski definition) is 4. The molecule has 4 heteroatoms. The SMILES string of the molecule is COc1ccc(OCC(CO)(NC2CC2)C2CC2)cc1. The second-order valence-electron chi connectivity index (χ2n) is 5.97. The Morgan fingerprint density at radius 2 is 1.80 bits per heavy atom. The predicted octanol–water partition coefficient (Wildman–Crippen LogP) is 1.97. The van der Waals surface area contributed by atoms with Crippen molar-refractivity contribution in [2.45, 2.75) is 37.3 Å². The van der Waals surface area contributed by atoms with Crippen molar-refractivity contribution in [1.82, 2.24) is 5.32 Å². The van der Waals surface area contributed by atoms with Gasteiger partial charge in [0.1, 0.15) is 18.1 Å². The lowest BCUT2D eigenvalue weighted by Crippen LogP contribution is -2.56. The Morgan fingerprint density at radius 3 is 2.30 bits per heavy atom. The number of hydrogen-bond donors (Lipinski definition) is 2. The number of rotatable bonds is 8. The van der Waals surface area contributed by atoms with Crippen molar-refractivity contribution < 1.29 is 14.6 Å². The molecular weight excluding hydrogens is 254 g/mol. The molecule has 3 rings (SSSR count). The number of methoxy groups -OCH3 is 1. The van der Waals surface area contributed by atoms with E-state index >= 15 is 0 Å². The fourth-order valence-electron chi connectivity index (χ4n) is 2.65. The second kappa shape index (κ2) is 5.62. The molecule has 4 nitrogen and oxygen atoms in total. The van der Waals surface area contributed by atoms with E-state index in [1.54, 1.807) is 7.11 Å². The fraction of sp³-hybridized carbons (Fsp3) is 0.625. The maximum atomic E-state index is 9.86. The Kier molecular flexibility index (Phi) is 3.85. The highest BCUT2D eigenvalue weighted by atomic mass is 16.5. The summed E-state index contributed by atoms with van der Waals surface area (Å²) in [6, 6.07) is 8.17. The standard InChI is InChI=1S/C16H23NO3/c1-19-14-6-8-15(9-7-14)20-11-16(10-18,12-2-3-12)17-13-4-5-13/h6-9,12-13,17-18H,2-5,10-11H2,1H3. The van der Waals surface area contributed by atoms with E-state index in [0.29, 0.717) is 18.6 Å². The third-order valence-corrected chi connectivity index (χ3v) is 4.27. The third kappa shape index (κ3) is 3.07. The van der Waals surface area contributed by atoms with Crippen LogP contribution in [0.15, 0.2) is 24.3 Å². The molecule has 0 spiro atoms. The predicted molar refractivity (Wildman–Crippen MR) is 77.2 cm³/mol. The van der Waals surface area contributed by atoms with Crippen molar-refractivity contribution in [3.8, 4) is 11.5 Å². The molecule has 20 heavy (non-hydrogen) atoms. The number of aliphatic hydroxyl groups is 1. The maximum absolute atomic E-state index is 9.86. The van der Waals surface area contributed by atoms with Gasteiger partial charge in [-0.15, -0.1) is 0 Å². The van der Waals surface area contributed by atoms with E-state index in [9.17, 15) is 5.11 Å². The smallest absolute Gasteiger partial charge is 0.119 e. The molecule has 0 amide bonds. The summed E-state index contributed by atoms with van der Waals surface area (Å²) in [5, 5.41) is 13.5. The molecule has 1 aromatic carbocycles. The van der Waals surface area contributed by atoms with Crippen LogP contribution in [0, 0.1) is 5.92 Å². The van der Waals surface area contributed by atoms with Gasteiger partial charge in [0.15, 0.2) is 0 Å². The van der Waals surface area contributed by atoms with E-state index in [1.165, 1.54) is 25.7 Å². The number of benzene rings is 1. The molecule has 1 atom stereocenters. The monoisotopic (exact) mass is 277 g/mol. The lowest BCUT2D eigenvalue weighted by atomic mass is 9.95. The van der Waals surface area contributed by atoms with Crippen molar-refractivity contribution >= 4 is 0 Å². The van der Waals surface area contributed by atoms with E-state index in [-0.39, 0.29) is 12.1 Å². The minimum Gasteiger partial charge on any atom is -0.497 e. The van der Waals surface area contributed by atoms with Crippen molar-refractivity contribution in [1.29, 1.82) is 0 Å². The van der Waals surface area contributed by atoms with Gasteiger partial charge in [0.05, 0.1) is 19.3 Å². The molecule has 0 heterocycles. The summed E-state index contributed by atoms with van der Waals surface area (Å²) in [4.78, 5) is 0. The highest BCUT2D eigenvalue weighted by Crippen LogP contribution is 2.41. The molecule has 2 N–H and O–H groups in total. The van der Waals surface area contributed by atoms with Crippen LogP contribution in [0.4, 0.5) is 0 Å². The Labute approximate surface area is 120 Å². The molecule has 0 radical (unpaired) electrons. The molecule has 110 valence electrons. The summed E-state index contributed by atoms with van der Waals surface area (Å²) in [6.45, 7) is 0.668. The molecule has 1 aromatic rings. The van der Waals surface area contributed by atoms with Crippen LogP contribution in [0.3, 0.4) is 0 Å². The molecule has 2 fully saturated rings. The second-order valence-corrected chi connectivity index (χ2v) is 5.97. The summed E-state index contributed by atoms with van der Waals surface area (Å²) in [5.74, 6) is 2.19. The van der Waals surface area contributed by atoms with Gasteiger partial charge in [-0.05, 0) is 55.9 Å². The Bertz CT molecular complexity index is 440. The average Bonchev–Trinajstić information content (AvgIpc) is 3.37. The first-order valence-corrected chi connectivity index (χ1v) is 7.41. The topological polar surface area (TPSA) is 50.7 Å². The Hall–Kier alpha value is -1.26. The van der Waals surface area contributed by atoms with E-state index in [1.807, 2.05) is 24.3 Å². The number of ether oxygens (including phenoxy) is 2. The Balaban J connectivity index is 1.63. The maximum Gasteiger partial charge on any atom is 0.119 e. The van der Waals surface area contributed by atoms with Crippen LogP contribution < -0.4 is 14.8 Å². The van der Waals surface area contributed by atoms with Crippen molar-refractivity contribution in [3.63, 3.8) is 0 Å². The van der Waals surface area contributed by atoms with Gasteiger partial charge < -0.3 is 19.9 Å². The molecule has 0 saturated heterocycles. The zero-order valence-electron chi connectivity index (χ0n) is 12.0. The van der Waals surface area contributed by atoms with Gasteiger partial charge in [-0.3, -0.25) is 0 Å². The summed E-state index contributed by atoms with van der Waals surface area (Å²) < 4.78 is 11.1. The van der Waals surface area contributed by atoms with E-state index in [4.69, 9.17) is 9.47 Å². The van der Waals surface area contributed by atoms with Gasteiger partial charge in [0, 0.05) is 6.04 Å². The van der Waals surface area contributed by atoms with Crippen LogP contribution in [-0.2, 0) is 0 Å². The quantitative estimate of drug-likeness (QED) is 0.763. The summed E-state index contributed by atoms with van der Waals surface area (Å²) in [5.41, 5.74) is -0.263. The first-order valence-electron chi connectivity index (χ1n) is 7.41. The van der Waals surface area contributed by atoms with Gasteiger partial charge in [-0.2, -0.15) is 0 Å². The van der Waals surface area contributed by atoms with Crippen molar-refractivity contribution in [2.24, 2.45) is 5.92 Å². The normalized spacial score (nSPS) is 21.3. The molecule has 2 aliphatic rings. The molecule has 0 aromatic heterocycles. The highest BCUT2D eigenvalue weighted by molar-refractivity contribution is 5.31. The lowest BCUT2D eigenvalue weighted by Gasteiger charge is -2.33. The van der Waals surface area contributed by atoms with Crippen LogP contribution >= 0.6 is 0 Å². The first-order chi connectivity index (χ1) is 9.75. The lowest BCUT2D eigenvalue weighted by molar-refractivity contribution is 0.0831. The van der Waals surface area contributed by atoms with Crippen LogP contribution in [-0.4, -0.2) is 37.0 Å². The third-order valence-electron chi connectivity index (χ3n) is 4.27. The molecule has 0 bridgehead atoms. The molecule has 2 aliphatic carbocycles. The zero-order chi connectivity index (χ0) is 14.0. The highest BCUT2D eigenvalue weighted by Gasteiger charge is 2.48. The van der Waals surface area contributed by atoms with Crippen molar-refractivity contribution in [2.75, 3.05) is 20.3 Å². The van der Waals surface area contributed by atoms with E-state index in [0.717, 1.165) is 11.5 Å². The molecule has 2 saturated carbocycles. The molecule has 1 unspecified atom stereocenters.